The van der Waals surface area contributed by atoms with Crippen LogP contribution in [0.25, 0.3) is 0 Å². The summed E-state index contributed by atoms with van der Waals surface area (Å²) in [6.45, 7) is 8.88. The van der Waals surface area contributed by atoms with E-state index in [1.807, 2.05) is 0 Å². The maximum atomic E-state index is 9.77. The van der Waals surface area contributed by atoms with Crippen molar-refractivity contribution >= 4 is 0 Å². The second kappa shape index (κ2) is 6.04. The van der Waals surface area contributed by atoms with Gasteiger partial charge in [0.2, 0.25) is 0 Å². The Labute approximate surface area is 112 Å². The second-order valence-electron chi connectivity index (χ2n) is 6.33. The Morgan fingerprint density at radius 2 is 2.11 bits per heavy atom. The highest BCUT2D eigenvalue weighted by Crippen LogP contribution is 2.39. The van der Waals surface area contributed by atoms with Crippen molar-refractivity contribution in [2.45, 2.75) is 51.5 Å². The van der Waals surface area contributed by atoms with Gasteiger partial charge in [0.25, 0.3) is 0 Å². The molecule has 102 valence electrons. The largest absolute Gasteiger partial charge is 0.315 e. The van der Waals surface area contributed by atoms with E-state index in [4.69, 9.17) is 0 Å². The van der Waals surface area contributed by atoms with Gasteiger partial charge in [-0.15, -0.1) is 0 Å². The fourth-order valence-electron chi connectivity index (χ4n) is 3.60. The highest BCUT2D eigenvalue weighted by Gasteiger charge is 2.42. The van der Waals surface area contributed by atoms with E-state index in [2.05, 4.69) is 30.1 Å². The van der Waals surface area contributed by atoms with Crippen molar-refractivity contribution in [3.05, 3.63) is 0 Å². The molecule has 2 fully saturated rings. The minimum Gasteiger partial charge on any atom is -0.315 e. The maximum Gasteiger partial charge on any atom is 0.109 e. The molecular weight excluding hydrogens is 222 g/mol. The molecule has 1 N–H and O–H groups in total. The monoisotopic (exact) mass is 249 g/mol. The van der Waals surface area contributed by atoms with E-state index in [1.165, 1.54) is 19.3 Å². The average molecular weight is 249 g/mol. The number of hydrogen-bond donors (Lipinski definition) is 1. The van der Waals surface area contributed by atoms with E-state index < -0.39 is 0 Å². The van der Waals surface area contributed by atoms with Gasteiger partial charge in [0.15, 0.2) is 0 Å². The summed E-state index contributed by atoms with van der Waals surface area (Å²) in [6.07, 6.45) is 5.87. The lowest BCUT2D eigenvalue weighted by molar-refractivity contribution is 0.0668. The summed E-state index contributed by atoms with van der Waals surface area (Å²) in [7, 11) is 0. The Balaban J connectivity index is 2.11. The topological polar surface area (TPSA) is 39.1 Å². The molecule has 3 nitrogen and oxygen atoms in total. The highest BCUT2D eigenvalue weighted by atomic mass is 15.2. The molecule has 0 radical (unpaired) electrons. The maximum absolute atomic E-state index is 9.77. The van der Waals surface area contributed by atoms with Crippen LogP contribution in [0.1, 0.15) is 46.0 Å². The summed E-state index contributed by atoms with van der Waals surface area (Å²) in [6, 6.07) is 2.70. The van der Waals surface area contributed by atoms with Crippen molar-refractivity contribution < 1.29 is 0 Å². The van der Waals surface area contributed by atoms with Gasteiger partial charge in [-0.05, 0) is 44.1 Å². The summed E-state index contributed by atoms with van der Waals surface area (Å²) in [4.78, 5) is 2.47. The lowest BCUT2D eigenvalue weighted by Gasteiger charge is -2.44. The third-order valence-corrected chi connectivity index (χ3v) is 4.86. The molecule has 0 aromatic carbocycles. The summed E-state index contributed by atoms with van der Waals surface area (Å²) in [5, 5.41) is 13.2. The molecule has 3 heteroatoms. The van der Waals surface area contributed by atoms with Crippen LogP contribution >= 0.6 is 0 Å². The minimum atomic E-state index is -0.167. The van der Waals surface area contributed by atoms with Crippen molar-refractivity contribution in [2.75, 3.05) is 26.2 Å². The average Bonchev–Trinajstić information content (AvgIpc) is 2.68. The fraction of sp³-hybridized carbons (Fsp3) is 0.933. The van der Waals surface area contributed by atoms with Crippen LogP contribution in [0, 0.1) is 23.2 Å². The van der Waals surface area contributed by atoms with Gasteiger partial charge in [-0.3, -0.25) is 4.90 Å². The normalized spacial score (nSPS) is 35.1. The van der Waals surface area contributed by atoms with Gasteiger partial charge in [0.05, 0.1) is 6.07 Å². The summed E-state index contributed by atoms with van der Waals surface area (Å²) >= 11 is 0. The van der Waals surface area contributed by atoms with Gasteiger partial charge in [0.1, 0.15) is 5.54 Å². The third-order valence-electron chi connectivity index (χ3n) is 4.86. The molecule has 1 saturated carbocycles. The van der Waals surface area contributed by atoms with Crippen molar-refractivity contribution in [1.82, 2.24) is 10.2 Å². The van der Waals surface area contributed by atoms with Crippen molar-refractivity contribution in [3.63, 3.8) is 0 Å². The SMILES string of the molecule is CC(C)C1CCCC(C#N)(N2CCCNCC2)C1. The lowest BCUT2D eigenvalue weighted by Crippen LogP contribution is -2.52. The van der Waals surface area contributed by atoms with Gasteiger partial charge in [-0.2, -0.15) is 5.26 Å². The fourth-order valence-corrected chi connectivity index (χ4v) is 3.60. The molecule has 1 aliphatic carbocycles. The molecule has 1 heterocycles. The Morgan fingerprint density at radius 1 is 1.28 bits per heavy atom. The van der Waals surface area contributed by atoms with Crippen LogP contribution in [0.3, 0.4) is 0 Å². The number of rotatable bonds is 2. The number of nitrogens with zero attached hydrogens (tertiary/aromatic N) is 2. The van der Waals surface area contributed by atoms with E-state index in [0.29, 0.717) is 5.92 Å². The van der Waals surface area contributed by atoms with Crippen LogP contribution in [-0.4, -0.2) is 36.6 Å². The van der Waals surface area contributed by atoms with Gasteiger partial charge >= 0.3 is 0 Å². The molecule has 2 aliphatic rings. The first-order valence-electron chi connectivity index (χ1n) is 7.55. The molecule has 1 saturated heterocycles. The summed E-state index contributed by atoms with van der Waals surface area (Å²) in [5.41, 5.74) is -0.167. The Bertz CT molecular complexity index is 299. The first-order chi connectivity index (χ1) is 8.68. The molecule has 2 atom stereocenters. The summed E-state index contributed by atoms with van der Waals surface area (Å²) in [5.74, 6) is 1.44. The van der Waals surface area contributed by atoms with Gasteiger partial charge in [-0.1, -0.05) is 20.3 Å². The smallest absolute Gasteiger partial charge is 0.109 e. The van der Waals surface area contributed by atoms with Gasteiger partial charge in [0, 0.05) is 19.6 Å². The van der Waals surface area contributed by atoms with E-state index >= 15 is 0 Å². The Kier molecular flexibility index (Phi) is 4.64. The van der Waals surface area contributed by atoms with Crippen LogP contribution in [0.4, 0.5) is 0 Å². The zero-order valence-corrected chi connectivity index (χ0v) is 11.9. The lowest BCUT2D eigenvalue weighted by atomic mass is 9.71. The first-order valence-corrected chi connectivity index (χ1v) is 7.55. The van der Waals surface area contributed by atoms with Crippen LogP contribution in [-0.2, 0) is 0 Å². The number of hydrogen-bond acceptors (Lipinski definition) is 3. The van der Waals surface area contributed by atoms with Gasteiger partial charge < -0.3 is 5.32 Å². The highest BCUT2D eigenvalue weighted by molar-refractivity contribution is 5.11. The molecular formula is C15H27N3. The molecule has 0 spiro atoms. The van der Waals surface area contributed by atoms with Crippen LogP contribution in [0.5, 0.6) is 0 Å². The molecule has 1 aliphatic heterocycles. The first kappa shape index (κ1) is 13.8. The van der Waals surface area contributed by atoms with Crippen LogP contribution < -0.4 is 5.32 Å². The molecule has 2 unspecified atom stereocenters. The van der Waals surface area contributed by atoms with Crippen molar-refractivity contribution in [1.29, 1.82) is 5.26 Å². The van der Waals surface area contributed by atoms with Crippen LogP contribution in [0.2, 0.25) is 0 Å². The minimum absolute atomic E-state index is 0.167. The van der Waals surface area contributed by atoms with E-state index in [-0.39, 0.29) is 5.54 Å². The van der Waals surface area contributed by atoms with Crippen LogP contribution in [0.15, 0.2) is 0 Å². The zero-order valence-electron chi connectivity index (χ0n) is 11.9. The van der Waals surface area contributed by atoms with Crippen molar-refractivity contribution in [2.24, 2.45) is 11.8 Å². The number of nitrogens with one attached hydrogen (secondary N) is 1. The molecule has 0 bridgehead atoms. The third kappa shape index (κ3) is 2.87. The van der Waals surface area contributed by atoms with E-state index in [9.17, 15) is 5.26 Å². The van der Waals surface area contributed by atoms with E-state index in [0.717, 1.165) is 44.9 Å². The summed E-state index contributed by atoms with van der Waals surface area (Å²) < 4.78 is 0. The van der Waals surface area contributed by atoms with Gasteiger partial charge in [-0.25, -0.2) is 0 Å². The second-order valence-corrected chi connectivity index (χ2v) is 6.33. The molecule has 0 amide bonds. The molecule has 2 rings (SSSR count). The zero-order chi connectivity index (χ0) is 13.0. The number of nitriles is 1. The Hall–Kier alpha value is -0.590. The quantitative estimate of drug-likeness (QED) is 0.817. The molecule has 0 aromatic rings. The standard InChI is InChI=1S/C15H27N3/c1-13(2)14-5-3-6-15(11-14,12-16)18-9-4-7-17-8-10-18/h13-14,17H,3-11H2,1-2H3. The Morgan fingerprint density at radius 3 is 2.83 bits per heavy atom. The molecule has 0 aromatic heterocycles. The van der Waals surface area contributed by atoms with Crippen molar-refractivity contribution in [3.8, 4) is 6.07 Å². The molecule has 18 heavy (non-hydrogen) atoms. The van der Waals surface area contributed by atoms with E-state index in [1.54, 1.807) is 0 Å². The predicted molar refractivity (Wildman–Crippen MR) is 74.2 cm³/mol. The predicted octanol–water partition coefficient (Wildman–Crippen LogP) is 2.39.